The molecule has 6 heteroatoms. The maximum absolute atomic E-state index is 12.8. The molecule has 3 aliphatic carbocycles. The molecule has 3 N–H and O–H groups in total. The number of rotatable bonds is 3. The lowest BCUT2D eigenvalue weighted by Crippen LogP contribution is -2.54. The number of hydrogen-bond donors (Lipinski definition) is 2. The Balaban J connectivity index is 1.60. The number of fused-ring (bicyclic) bond motifs is 5. The topological polar surface area (TPSA) is 93.8 Å². The molecule has 1 unspecified atom stereocenters. The lowest BCUT2D eigenvalue weighted by Gasteiger charge is -2.53. The van der Waals surface area contributed by atoms with E-state index < -0.39 is 0 Å². The molecular formula is C21H33N3O3. The van der Waals surface area contributed by atoms with E-state index in [0.717, 1.165) is 44.2 Å². The molecule has 150 valence electrons. The number of nitrogens with two attached hydrogens (primary N) is 1. The maximum atomic E-state index is 12.8. The highest BCUT2D eigenvalue weighted by Crippen LogP contribution is 2.61. The van der Waals surface area contributed by atoms with Crippen LogP contribution in [0.1, 0.15) is 65.2 Å². The normalized spacial score (nSPS) is 45.5. The number of carbonyl (C=O) groups is 2. The maximum Gasteiger partial charge on any atom is 0.220 e. The average Bonchev–Trinajstić information content (AvgIpc) is 2.87. The van der Waals surface area contributed by atoms with Crippen LogP contribution in [-0.2, 0) is 14.4 Å². The van der Waals surface area contributed by atoms with Gasteiger partial charge < -0.3 is 15.9 Å². The number of hydrogen-bond acceptors (Lipinski definition) is 5. The van der Waals surface area contributed by atoms with Crippen LogP contribution in [0.3, 0.4) is 0 Å². The summed E-state index contributed by atoms with van der Waals surface area (Å²) in [4.78, 5) is 30.7. The minimum atomic E-state index is -0.199. The summed E-state index contributed by atoms with van der Waals surface area (Å²) in [5.41, 5.74) is 6.37. The van der Waals surface area contributed by atoms with E-state index in [1.54, 1.807) is 0 Å². The van der Waals surface area contributed by atoms with Gasteiger partial charge in [-0.05, 0) is 55.3 Å². The van der Waals surface area contributed by atoms with E-state index in [-0.39, 0.29) is 22.8 Å². The minimum Gasteiger partial charge on any atom is -0.395 e. The number of nitrogens with zero attached hydrogens (tertiary/aromatic N) is 1. The molecular weight excluding hydrogens is 342 g/mol. The Morgan fingerprint density at radius 3 is 2.74 bits per heavy atom. The minimum absolute atomic E-state index is 0.0662. The zero-order valence-electron chi connectivity index (χ0n) is 16.6. The first-order valence-corrected chi connectivity index (χ1v) is 10.6. The largest absolute Gasteiger partial charge is 0.395 e. The van der Waals surface area contributed by atoms with Crippen LogP contribution in [0.4, 0.5) is 0 Å². The monoisotopic (exact) mass is 375 g/mol. The van der Waals surface area contributed by atoms with Gasteiger partial charge in [0.25, 0.3) is 0 Å². The summed E-state index contributed by atoms with van der Waals surface area (Å²) in [5, 5.41) is 7.59. The van der Waals surface area contributed by atoms with Gasteiger partial charge in [0.15, 0.2) is 0 Å². The summed E-state index contributed by atoms with van der Waals surface area (Å²) in [6.07, 6.45) is 6.96. The lowest BCUT2D eigenvalue weighted by molar-refractivity contribution is -0.133. The molecule has 1 amide bonds. The van der Waals surface area contributed by atoms with Crippen LogP contribution in [0.25, 0.3) is 0 Å². The van der Waals surface area contributed by atoms with Crippen molar-refractivity contribution in [3.63, 3.8) is 0 Å². The quantitative estimate of drug-likeness (QED) is 0.585. The van der Waals surface area contributed by atoms with Crippen molar-refractivity contribution < 1.29 is 14.4 Å². The molecule has 0 aromatic carbocycles. The molecule has 27 heavy (non-hydrogen) atoms. The summed E-state index contributed by atoms with van der Waals surface area (Å²) >= 11 is 0. The van der Waals surface area contributed by atoms with Crippen LogP contribution in [-0.4, -0.2) is 36.6 Å². The molecule has 4 rings (SSSR count). The summed E-state index contributed by atoms with van der Waals surface area (Å²) in [5.74, 6) is 1.76. The fraction of sp³-hybridized carbons (Fsp3) is 0.857. The van der Waals surface area contributed by atoms with E-state index >= 15 is 0 Å². The van der Waals surface area contributed by atoms with Gasteiger partial charge in [0.05, 0.1) is 5.71 Å². The second-order valence-corrected chi connectivity index (χ2v) is 9.61. The first kappa shape index (κ1) is 18.9. The highest BCUT2D eigenvalue weighted by Gasteiger charge is 2.60. The van der Waals surface area contributed by atoms with E-state index in [1.165, 1.54) is 0 Å². The number of carbonyl (C=O) groups excluding carboxylic acids is 2. The molecule has 0 aromatic heterocycles. The van der Waals surface area contributed by atoms with Crippen LogP contribution >= 0.6 is 0 Å². The smallest absolute Gasteiger partial charge is 0.220 e. The summed E-state index contributed by atoms with van der Waals surface area (Å²) < 4.78 is 0. The molecule has 0 bridgehead atoms. The first-order valence-electron chi connectivity index (χ1n) is 10.6. The van der Waals surface area contributed by atoms with E-state index in [0.29, 0.717) is 49.5 Å². The summed E-state index contributed by atoms with van der Waals surface area (Å²) in [6.45, 7) is 5.40. The third kappa shape index (κ3) is 3.00. The number of ketones is 1. The fourth-order valence-electron chi connectivity index (χ4n) is 6.72. The van der Waals surface area contributed by atoms with E-state index in [9.17, 15) is 9.59 Å². The average molecular weight is 376 g/mol. The lowest BCUT2D eigenvalue weighted by atomic mass is 9.51. The third-order valence-electron chi connectivity index (χ3n) is 8.34. The SMILES string of the molecule is C[C@]12CC/C(=N\OCCN)CC1NC(=O)C[C@@H]1[C@@H]2CC[C@]2(C)C(=O)CC[C@@H]12. The van der Waals surface area contributed by atoms with Gasteiger partial charge >= 0.3 is 0 Å². The molecule has 3 saturated carbocycles. The van der Waals surface area contributed by atoms with Crippen LogP contribution in [0.15, 0.2) is 5.16 Å². The highest BCUT2D eigenvalue weighted by atomic mass is 16.6. The predicted octanol–water partition coefficient (Wildman–Crippen LogP) is 2.41. The molecule has 0 radical (unpaired) electrons. The van der Waals surface area contributed by atoms with Gasteiger partial charge in [-0.3, -0.25) is 9.59 Å². The molecule has 4 fully saturated rings. The fourth-order valence-corrected chi connectivity index (χ4v) is 6.72. The van der Waals surface area contributed by atoms with Crippen molar-refractivity contribution in [2.75, 3.05) is 13.2 Å². The second kappa shape index (κ2) is 6.87. The highest BCUT2D eigenvalue weighted by molar-refractivity contribution is 5.88. The Morgan fingerprint density at radius 2 is 1.96 bits per heavy atom. The Labute approximate surface area is 161 Å². The van der Waals surface area contributed by atoms with Gasteiger partial charge in [0.1, 0.15) is 12.4 Å². The molecule has 4 aliphatic rings. The van der Waals surface area contributed by atoms with Crippen molar-refractivity contribution >= 4 is 17.4 Å². The van der Waals surface area contributed by atoms with Crippen molar-refractivity contribution in [3.8, 4) is 0 Å². The molecule has 1 saturated heterocycles. The second-order valence-electron chi connectivity index (χ2n) is 9.61. The Bertz CT molecular complexity index is 663. The molecule has 6 atom stereocenters. The summed E-state index contributed by atoms with van der Waals surface area (Å²) in [6, 6.07) is 0.107. The molecule has 1 heterocycles. The zero-order valence-corrected chi connectivity index (χ0v) is 16.6. The summed E-state index contributed by atoms with van der Waals surface area (Å²) in [7, 11) is 0. The number of nitrogens with one attached hydrogen (secondary N) is 1. The van der Waals surface area contributed by atoms with E-state index in [1.807, 2.05) is 0 Å². The molecule has 0 spiro atoms. The van der Waals surface area contributed by atoms with Crippen LogP contribution in [0.5, 0.6) is 0 Å². The van der Waals surface area contributed by atoms with Crippen molar-refractivity contribution in [2.45, 2.75) is 71.3 Å². The van der Waals surface area contributed by atoms with Gasteiger partial charge in [0.2, 0.25) is 5.91 Å². The predicted molar refractivity (Wildman–Crippen MR) is 103 cm³/mol. The first-order chi connectivity index (χ1) is 12.9. The van der Waals surface area contributed by atoms with Crippen molar-refractivity contribution in [1.82, 2.24) is 5.32 Å². The number of amides is 1. The Kier molecular flexibility index (Phi) is 4.81. The van der Waals surface area contributed by atoms with E-state index in [2.05, 4.69) is 24.3 Å². The van der Waals surface area contributed by atoms with Crippen LogP contribution in [0.2, 0.25) is 0 Å². The van der Waals surface area contributed by atoms with E-state index in [4.69, 9.17) is 10.6 Å². The molecule has 1 aliphatic heterocycles. The van der Waals surface area contributed by atoms with Crippen molar-refractivity contribution in [2.24, 2.45) is 39.5 Å². The standard InChI is InChI=1S/C21H33N3O3/c1-20-7-5-13(24-27-10-9-22)11-17(20)23-19(26)12-14-15-3-4-18(25)21(15,2)8-6-16(14)20/h14-17H,3-12,22H2,1-2H3,(H,23,26)/b24-13+/t14-,15-,16-,17?,20+,21-/m0/s1. The van der Waals surface area contributed by atoms with Crippen LogP contribution in [0, 0.1) is 28.6 Å². The zero-order chi connectivity index (χ0) is 19.2. The van der Waals surface area contributed by atoms with Gasteiger partial charge in [-0.25, -0.2) is 0 Å². The molecule has 6 nitrogen and oxygen atoms in total. The van der Waals surface area contributed by atoms with Crippen LogP contribution < -0.4 is 11.1 Å². The van der Waals surface area contributed by atoms with Crippen molar-refractivity contribution in [1.29, 1.82) is 0 Å². The number of Topliss-reactive ketones (excluding diaryl/α,β-unsaturated/α-hetero) is 1. The van der Waals surface area contributed by atoms with Gasteiger partial charge in [-0.2, -0.15) is 0 Å². The van der Waals surface area contributed by atoms with Gasteiger partial charge in [-0.15, -0.1) is 0 Å². The Hall–Kier alpha value is -1.43. The molecule has 0 aromatic rings. The van der Waals surface area contributed by atoms with Gasteiger partial charge in [0, 0.05) is 37.3 Å². The van der Waals surface area contributed by atoms with Gasteiger partial charge in [-0.1, -0.05) is 19.0 Å². The third-order valence-corrected chi connectivity index (χ3v) is 8.34. The number of oxime groups is 1. The Morgan fingerprint density at radius 1 is 1.15 bits per heavy atom. The van der Waals surface area contributed by atoms with Crippen molar-refractivity contribution in [3.05, 3.63) is 0 Å².